The van der Waals surface area contributed by atoms with Crippen LogP contribution in [0.1, 0.15) is 25.7 Å². The average molecular weight is 609 g/mol. The Morgan fingerprint density at radius 1 is 0.548 bits per heavy atom. The standard InChI is InChI=1S/C27H44O15/c1-4-25(31)36-16-21(28)9-7-11-39-41-20-24(42-40-12-8-10-22(29)17-37-26(32)5-2)19-35-14-13-34-15-23(30)18-38-27(33)6-3/h4-6,21-24,28-30H,1-3,7-20H2. The van der Waals surface area contributed by atoms with Crippen molar-refractivity contribution in [2.75, 3.05) is 66.1 Å². The van der Waals surface area contributed by atoms with E-state index in [0.717, 1.165) is 18.2 Å². The van der Waals surface area contributed by atoms with E-state index in [2.05, 4.69) is 19.7 Å². The van der Waals surface area contributed by atoms with Gasteiger partial charge in [-0.05, 0) is 25.7 Å². The summed E-state index contributed by atoms with van der Waals surface area (Å²) in [6.07, 6.45) is 0.997. The molecule has 0 aromatic heterocycles. The van der Waals surface area contributed by atoms with E-state index in [1.54, 1.807) is 0 Å². The van der Waals surface area contributed by atoms with Crippen molar-refractivity contribution in [2.45, 2.75) is 50.1 Å². The van der Waals surface area contributed by atoms with E-state index >= 15 is 0 Å². The Morgan fingerprint density at radius 2 is 1.00 bits per heavy atom. The second-order valence-electron chi connectivity index (χ2n) is 8.54. The fraction of sp³-hybridized carbons (Fsp3) is 0.667. The van der Waals surface area contributed by atoms with Crippen molar-refractivity contribution in [1.29, 1.82) is 0 Å². The highest BCUT2D eigenvalue weighted by Crippen LogP contribution is 2.04. The fourth-order valence-corrected chi connectivity index (χ4v) is 2.67. The smallest absolute Gasteiger partial charge is 0.330 e. The van der Waals surface area contributed by atoms with Crippen LogP contribution >= 0.6 is 0 Å². The van der Waals surface area contributed by atoms with Crippen LogP contribution in [-0.2, 0) is 57.6 Å². The van der Waals surface area contributed by atoms with Crippen molar-refractivity contribution in [3.8, 4) is 0 Å². The summed E-state index contributed by atoms with van der Waals surface area (Å²) in [5.74, 6) is -1.89. The van der Waals surface area contributed by atoms with Gasteiger partial charge in [-0.2, -0.15) is 0 Å². The molecule has 4 atom stereocenters. The number of rotatable bonds is 29. The molecule has 3 N–H and O–H groups in total. The number of carbonyl (C=O) groups excluding carboxylic acids is 3. The van der Waals surface area contributed by atoms with Gasteiger partial charge in [0.25, 0.3) is 0 Å². The topological polar surface area (TPSA) is 195 Å². The summed E-state index contributed by atoms with van der Waals surface area (Å²) in [7, 11) is 0. The average Bonchev–Trinajstić information content (AvgIpc) is 2.99. The highest BCUT2D eigenvalue weighted by Gasteiger charge is 2.14. The lowest BCUT2D eigenvalue weighted by Crippen LogP contribution is -2.28. The van der Waals surface area contributed by atoms with Gasteiger partial charge in [0.05, 0.1) is 51.8 Å². The molecule has 0 aliphatic carbocycles. The number of esters is 3. The highest BCUT2D eigenvalue weighted by atomic mass is 17.2. The number of hydrogen-bond donors (Lipinski definition) is 3. The second kappa shape index (κ2) is 27.1. The van der Waals surface area contributed by atoms with Crippen LogP contribution in [0.2, 0.25) is 0 Å². The quantitative estimate of drug-likeness (QED) is 0.0258. The molecule has 0 aromatic rings. The van der Waals surface area contributed by atoms with Crippen LogP contribution in [0.5, 0.6) is 0 Å². The monoisotopic (exact) mass is 608 g/mol. The summed E-state index contributed by atoms with van der Waals surface area (Å²) >= 11 is 0. The van der Waals surface area contributed by atoms with Crippen LogP contribution in [0.3, 0.4) is 0 Å². The number of aliphatic hydroxyl groups is 3. The minimum atomic E-state index is -1.00. The Hall–Kier alpha value is -2.73. The van der Waals surface area contributed by atoms with Crippen LogP contribution < -0.4 is 0 Å². The van der Waals surface area contributed by atoms with Crippen LogP contribution in [0.25, 0.3) is 0 Å². The molecular formula is C27H44O15. The van der Waals surface area contributed by atoms with Crippen molar-refractivity contribution in [1.82, 2.24) is 0 Å². The zero-order chi connectivity index (χ0) is 31.4. The molecule has 15 nitrogen and oxygen atoms in total. The molecule has 0 aliphatic rings. The maximum atomic E-state index is 11.0. The van der Waals surface area contributed by atoms with Gasteiger partial charge in [-0.25, -0.2) is 33.9 Å². The van der Waals surface area contributed by atoms with Crippen molar-refractivity contribution in [3.63, 3.8) is 0 Å². The van der Waals surface area contributed by atoms with Gasteiger partial charge in [-0.3, -0.25) is 0 Å². The summed E-state index contributed by atoms with van der Waals surface area (Å²) in [4.78, 5) is 53.8. The molecule has 0 radical (unpaired) electrons. The van der Waals surface area contributed by atoms with Crippen molar-refractivity contribution < 1.29 is 72.9 Å². The number of ether oxygens (including phenoxy) is 5. The van der Waals surface area contributed by atoms with E-state index in [4.69, 9.17) is 43.2 Å². The third kappa shape index (κ3) is 25.0. The summed E-state index contributed by atoms with van der Waals surface area (Å²) in [6.45, 7) is 9.68. The highest BCUT2D eigenvalue weighted by molar-refractivity contribution is 5.81. The van der Waals surface area contributed by atoms with Crippen molar-refractivity contribution in [2.24, 2.45) is 0 Å². The first-order chi connectivity index (χ1) is 20.2. The van der Waals surface area contributed by atoms with Gasteiger partial charge < -0.3 is 39.0 Å². The summed E-state index contributed by atoms with van der Waals surface area (Å²) in [5, 5.41) is 29.3. The molecule has 242 valence electrons. The van der Waals surface area contributed by atoms with Gasteiger partial charge in [0, 0.05) is 18.2 Å². The molecule has 0 bridgehead atoms. The van der Waals surface area contributed by atoms with Gasteiger partial charge in [0.2, 0.25) is 0 Å². The summed E-state index contributed by atoms with van der Waals surface area (Å²) in [6, 6.07) is 0. The summed E-state index contributed by atoms with van der Waals surface area (Å²) in [5.41, 5.74) is 0. The molecule has 0 saturated heterocycles. The molecule has 15 heteroatoms. The lowest BCUT2D eigenvalue weighted by atomic mass is 10.2. The zero-order valence-electron chi connectivity index (χ0n) is 23.8. The molecule has 42 heavy (non-hydrogen) atoms. The number of aliphatic hydroxyl groups excluding tert-OH is 3. The van der Waals surface area contributed by atoms with Gasteiger partial charge in [0.1, 0.15) is 38.6 Å². The molecular weight excluding hydrogens is 564 g/mol. The Bertz CT molecular complexity index is 718. The molecule has 0 aliphatic heterocycles. The van der Waals surface area contributed by atoms with Crippen molar-refractivity contribution >= 4 is 17.9 Å². The predicted octanol–water partition coefficient (Wildman–Crippen LogP) is 0.115. The molecule has 4 unspecified atom stereocenters. The normalized spacial score (nSPS) is 13.8. The van der Waals surface area contributed by atoms with Crippen LogP contribution in [0.15, 0.2) is 38.0 Å². The molecule has 0 saturated carbocycles. The molecule has 0 fully saturated rings. The predicted molar refractivity (Wildman–Crippen MR) is 144 cm³/mol. The molecule has 0 heterocycles. The number of carbonyl (C=O) groups is 3. The lowest BCUT2D eigenvalue weighted by molar-refractivity contribution is -0.371. The molecule has 0 rings (SSSR count). The van der Waals surface area contributed by atoms with E-state index in [1.807, 2.05) is 0 Å². The van der Waals surface area contributed by atoms with Crippen LogP contribution in [0, 0.1) is 0 Å². The van der Waals surface area contributed by atoms with Crippen LogP contribution in [0.4, 0.5) is 0 Å². The fourth-order valence-electron chi connectivity index (χ4n) is 2.67. The van der Waals surface area contributed by atoms with Gasteiger partial charge in [0.15, 0.2) is 0 Å². The van der Waals surface area contributed by atoms with Crippen LogP contribution in [-0.4, -0.2) is 124 Å². The SMILES string of the molecule is C=CC(=O)OCC(O)CCCOOCC(COCCOCC(O)COC(=O)C=C)OOCCCC(O)COC(=O)C=C. The second-order valence-corrected chi connectivity index (χ2v) is 8.54. The lowest BCUT2D eigenvalue weighted by Gasteiger charge is -2.17. The Kier molecular flexibility index (Phi) is 25.4. The first-order valence-electron chi connectivity index (χ1n) is 13.3. The third-order valence-corrected chi connectivity index (χ3v) is 4.81. The molecule has 0 spiro atoms. The van der Waals surface area contributed by atoms with E-state index in [1.165, 1.54) is 0 Å². The first kappa shape index (κ1) is 39.3. The Labute approximate surface area is 245 Å². The van der Waals surface area contributed by atoms with Crippen molar-refractivity contribution in [3.05, 3.63) is 38.0 Å². The maximum Gasteiger partial charge on any atom is 0.330 e. The minimum Gasteiger partial charge on any atom is -0.460 e. The Balaban J connectivity index is 4.28. The Morgan fingerprint density at radius 3 is 1.50 bits per heavy atom. The van der Waals surface area contributed by atoms with E-state index < -0.39 is 42.3 Å². The van der Waals surface area contributed by atoms with Gasteiger partial charge >= 0.3 is 17.9 Å². The van der Waals surface area contributed by atoms with E-state index in [9.17, 15) is 29.7 Å². The van der Waals surface area contributed by atoms with E-state index in [0.29, 0.717) is 25.7 Å². The zero-order valence-corrected chi connectivity index (χ0v) is 23.8. The maximum absolute atomic E-state index is 11.0. The van der Waals surface area contributed by atoms with E-state index in [-0.39, 0.29) is 66.1 Å². The first-order valence-corrected chi connectivity index (χ1v) is 13.3. The van der Waals surface area contributed by atoms with Gasteiger partial charge in [-0.15, -0.1) is 0 Å². The minimum absolute atomic E-state index is 0.0275. The largest absolute Gasteiger partial charge is 0.460 e. The third-order valence-electron chi connectivity index (χ3n) is 4.81. The number of hydrogen-bond acceptors (Lipinski definition) is 15. The summed E-state index contributed by atoms with van der Waals surface area (Å²) < 4.78 is 25.0. The molecule has 0 amide bonds. The molecule has 0 aromatic carbocycles. The van der Waals surface area contributed by atoms with Gasteiger partial charge in [-0.1, -0.05) is 19.7 Å².